The Morgan fingerprint density at radius 1 is 1.36 bits per heavy atom. The van der Waals surface area contributed by atoms with Crippen molar-refractivity contribution in [3.05, 3.63) is 29.3 Å². The Morgan fingerprint density at radius 2 is 1.93 bits per heavy atom. The standard InChI is InChI=1S/C8H6F3NOS/c9-8(10,11)6-2-1-4(13)3-5(6)7(12)14/h1-3,13H,(H2,12,14). The molecule has 0 aliphatic carbocycles. The Bertz CT molecular complexity index is 375. The van der Waals surface area contributed by atoms with E-state index in [9.17, 15) is 13.2 Å². The van der Waals surface area contributed by atoms with Gasteiger partial charge in [-0.05, 0) is 18.2 Å². The van der Waals surface area contributed by atoms with Crippen molar-refractivity contribution in [2.45, 2.75) is 6.18 Å². The maximum Gasteiger partial charge on any atom is 0.417 e. The zero-order valence-electron chi connectivity index (χ0n) is 6.80. The average molecular weight is 221 g/mol. The van der Waals surface area contributed by atoms with Gasteiger partial charge in [-0.2, -0.15) is 13.2 Å². The van der Waals surface area contributed by atoms with Crippen molar-refractivity contribution in [1.29, 1.82) is 0 Å². The summed E-state index contributed by atoms with van der Waals surface area (Å²) in [5.41, 5.74) is 3.79. The monoisotopic (exact) mass is 221 g/mol. The highest BCUT2D eigenvalue weighted by Gasteiger charge is 2.33. The first-order valence-electron chi connectivity index (χ1n) is 3.52. The molecule has 3 N–H and O–H groups in total. The van der Waals surface area contributed by atoms with E-state index in [1.807, 2.05) is 0 Å². The number of phenols is 1. The van der Waals surface area contributed by atoms with E-state index in [2.05, 4.69) is 12.2 Å². The lowest BCUT2D eigenvalue weighted by molar-refractivity contribution is -0.137. The molecule has 0 aromatic heterocycles. The van der Waals surface area contributed by atoms with E-state index in [0.29, 0.717) is 0 Å². The van der Waals surface area contributed by atoms with Gasteiger partial charge in [0, 0.05) is 5.56 Å². The molecule has 14 heavy (non-hydrogen) atoms. The Balaban J connectivity index is 3.37. The number of aromatic hydroxyl groups is 1. The van der Waals surface area contributed by atoms with Crippen LogP contribution in [0, 0.1) is 0 Å². The van der Waals surface area contributed by atoms with Crippen LogP contribution in [0.4, 0.5) is 13.2 Å². The summed E-state index contributed by atoms with van der Waals surface area (Å²) in [7, 11) is 0. The van der Waals surface area contributed by atoms with Crippen LogP contribution in [-0.2, 0) is 6.18 Å². The third-order valence-corrected chi connectivity index (χ3v) is 1.79. The molecule has 0 saturated heterocycles. The van der Waals surface area contributed by atoms with Crippen LogP contribution in [0.25, 0.3) is 0 Å². The molecule has 0 bridgehead atoms. The van der Waals surface area contributed by atoms with Crippen molar-refractivity contribution >= 4 is 17.2 Å². The summed E-state index contributed by atoms with van der Waals surface area (Å²) in [5.74, 6) is -0.305. The zero-order chi connectivity index (χ0) is 10.9. The number of nitrogens with two attached hydrogens (primary N) is 1. The maximum atomic E-state index is 12.3. The number of benzene rings is 1. The van der Waals surface area contributed by atoms with E-state index in [0.717, 1.165) is 18.2 Å². The molecule has 0 saturated carbocycles. The second-order valence-electron chi connectivity index (χ2n) is 2.59. The SMILES string of the molecule is NC(=S)c1cc(O)ccc1C(F)(F)F. The fraction of sp³-hybridized carbons (Fsp3) is 0.125. The van der Waals surface area contributed by atoms with Gasteiger partial charge < -0.3 is 10.8 Å². The fourth-order valence-electron chi connectivity index (χ4n) is 0.983. The van der Waals surface area contributed by atoms with Crippen molar-refractivity contribution < 1.29 is 18.3 Å². The number of rotatable bonds is 1. The van der Waals surface area contributed by atoms with Gasteiger partial charge in [-0.15, -0.1) is 0 Å². The van der Waals surface area contributed by atoms with Gasteiger partial charge in [0.15, 0.2) is 0 Å². The molecule has 6 heteroatoms. The van der Waals surface area contributed by atoms with Crippen LogP contribution in [0.15, 0.2) is 18.2 Å². The van der Waals surface area contributed by atoms with E-state index >= 15 is 0 Å². The lowest BCUT2D eigenvalue weighted by atomic mass is 10.1. The van der Waals surface area contributed by atoms with Gasteiger partial charge in [0.05, 0.1) is 5.56 Å². The summed E-state index contributed by atoms with van der Waals surface area (Å²) in [5, 5.41) is 8.97. The van der Waals surface area contributed by atoms with Crippen LogP contribution >= 0.6 is 12.2 Å². The van der Waals surface area contributed by atoms with Crippen molar-refractivity contribution in [3.63, 3.8) is 0 Å². The summed E-state index contributed by atoms with van der Waals surface area (Å²) in [6.45, 7) is 0. The molecular formula is C8H6F3NOS. The smallest absolute Gasteiger partial charge is 0.417 e. The predicted octanol–water partition coefficient (Wildman–Crippen LogP) is 2.05. The van der Waals surface area contributed by atoms with Crippen LogP contribution in [0.1, 0.15) is 11.1 Å². The molecule has 1 aromatic carbocycles. The number of thiocarbonyl (C=S) groups is 1. The van der Waals surface area contributed by atoms with E-state index in [1.165, 1.54) is 0 Å². The van der Waals surface area contributed by atoms with Gasteiger partial charge in [-0.25, -0.2) is 0 Å². The van der Waals surface area contributed by atoms with Crippen molar-refractivity contribution in [1.82, 2.24) is 0 Å². The third-order valence-electron chi connectivity index (χ3n) is 1.57. The van der Waals surface area contributed by atoms with Crippen molar-refractivity contribution in [3.8, 4) is 5.75 Å². The topological polar surface area (TPSA) is 46.2 Å². The van der Waals surface area contributed by atoms with Gasteiger partial charge >= 0.3 is 6.18 Å². The van der Waals surface area contributed by atoms with Crippen molar-refractivity contribution in [2.75, 3.05) is 0 Å². The molecular weight excluding hydrogens is 215 g/mol. The molecule has 0 spiro atoms. The van der Waals surface area contributed by atoms with Crippen LogP contribution < -0.4 is 5.73 Å². The Kier molecular flexibility index (Phi) is 2.66. The molecule has 76 valence electrons. The van der Waals surface area contributed by atoms with Gasteiger partial charge in [0.1, 0.15) is 10.7 Å². The zero-order valence-corrected chi connectivity index (χ0v) is 7.62. The molecule has 0 aliphatic heterocycles. The van der Waals surface area contributed by atoms with Crippen LogP contribution in [0.5, 0.6) is 5.75 Å². The lowest BCUT2D eigenvalue weighted by Gasteiger charge is -2.11. The number of phenolic OH excluding ortho intramolecular Hbond substituents is 1. The first-order chi connectivity index (χ1) is 6.32. The molecule has 0 fully saturated rings. The Hall–Kier alpha value is -1.30. The lowest BCUT2D eigenvalue weighted by Crippen LogP contribution is -2.17. The summed E-state index contributed by atoms with van der Waals surface area (Å²) >= 11 is 4.44. The molecule has 1 aromatic rings. The van der Waals surface area contributed by atoms with Crippen molar-refractivity contribution in [2.24, 2.45) is 5.73 Å². The largest absolute Gasteiger partial charge is 0.508 e. The summed E-state index contributed by atoms with van der Waals surface area (Å²) in [4.78, 5) is -0.395. The average Bonchev–Trinajstić information content (AvgIpc) is 2.01. The van der Waals surface area contributed by atoms with Gasteiger partial charge in [0.2, 0.25) is 0 Å². The second-order valence-corrected chi connectivity index (χ2v) is 3.03. The Morgan fingerprint density at radius 3 is 2.36 bits per heavy atom. The van der Waals surface area contributed by atoms with Gasteiger partial charge in [-0.3, -0.25) is 0 Å². The van der Waals surface area contributed by atoms with E-state index in [-0.39, 0.29) is 11.3 Å². The molecule has 1 rings (SSSR count). The predicted molar refractivity (Wildman–Crippen MR) is 49.0 cm³/mol. The molecule has 0 radical (unpaired) electrons. The van der Waals surface area contributed by atoms with Gasteiger partial charge in [-0.1, -0.05) is 12.2 Å². The van der Waals surface area contributed by atoms with Crippen LogP contribution in [0.2, 0.25) is 0 Å². The summed E-state index contributed by atoms with van der Waals surface area (Å²) in [6.07, 6.45) is -4.52. The highest BCUT2D eigenvalue weighted by atomic mass is 32.1. The molecule has 0 amide bonds. The molecule has 0 heterocycles. The van der Waals surface area contributed by atoms with E-state index in [4.69, 9.17) is 10.8 Å². The minimum absolute atomic E-state index is 0.305. The van der Waals surface area contributed by atoms with Crippen LogP contribution in [0.3, 0.4) is 0 Å². The minimum atomic E-state index is -4.52. The molecule has 0 aliphatic rings. The minimum Gasteiger partial charge on any atom is -0.508 e. The quantitative estimate of drug-likeness (QED) is 0.713. The highest BCUT2D eigenvalue weighted by Crippen LogP contribution is 2.33. The normalized spacial score (nSPS) is 11.4. The highest BCUT2D eigenvalue weighted by molar-refractivity contribution is 7.80. The van der Waals surface area contributed by atoms with E-state index in [1.54, 1.807) is 0 Å². The fourth-order valence-corrected chi connectivity index (χ4v) is 1.15. The maximum absolute atomic E-state index is 12.3. The molecule has 0 atom stereocenters. The molecule has 2 nitrogen and oxygen atoms in total. The second kappa shape index (κ2) is 3.45. The number of alkyl halides is 3. The van der Waals surface area contributed by atoms with Crippen LogP contribution in [-0.4, -0.2) is 10.1 Å². The summed E-state index contributed by atoms with van der Waals surface area (Å²) < 4.78 is 37.0. The number of halogens is 3. The number of hydrogen-bond acceptors (Lipinski definition) is 2. The summed E-state index contributed by atoms with van der Waals surface area (Å²) in [6, 6.07) is 2.57. The first-order valence-corrected chi connectivity index (χ1v) is 3.93. The Labute approximate surface area is 83.2 Å². The van der Waals surface area contributed by atoms with E-state index < -0.39 is 16.7 Å². The van der Waals surface area contributed by atoms with Gasteiger partial charge in [0.25, 0.3) is 0 Å². The molecule has 0 unspecified atom stereocenters. The third kappa shape index (κ3) is 2.14. The number of hydrogen-bond donors (Lipinski definition) is 2. The first kappa shape index (κ1) is 10.8.